The van der Waals surface area contributed by atoms with Crippen molar-refractivity contribution in [3.05, 3.63) is 71.8 Å². The summed E-state index contributed by atoms with van der Waals surface area (Å²) in [4.78, 5) is 0. The highest BCUT2D eigenvalue weighted by Gasteiger charge is 2.30. The van der Waals surface area contributed by atoms with Gasteiger partial charge >= 0.3 is 0 Å². The summed E-state index contributed by atoms with van der Waals surface area (Å²) in [6.07, 6.45) is 2.53. The van der Waals surface area contributed by atoms with Gasteiger partial charge in [0.1, 0.15) is 0 Å². The Hall–Kier alpha value is -1.60. The van der Waals surface area contributed by atoms with Crippen LogP contribution in [0.1, 0.15) is 42.9 Å². The molecule has 1 aliphatic rings. The summed E-state index contributed by atoms with van der Waals surface area (Å²) < 4.78 is 0. The Morgan fingerprint density at radius 2 is 1.47 bits per heavy atom. The van der Waals surface area contributed by atoms with Gasteiger partial charge in [-0.15, -0.1) is 0 Å². The highest BCUT2D eigenvalue weighted by atomic mass is 15.0. The topological polar surface area (TPSA) is 12.0 Å². The van der Waals surface area contributed by atoms with E-state index < -0.39 is 0 Å². The lowest BCUT2D eigenvalue weighted by Crippen LogP contribution is -2.41. The van der Waals surface area contributed by atoms with Crippen LogP contribution in [-0.4, -0.2) is 6.04 Å². The maximum atomic E-state index is 3.73. The molecule has 3 rings (SSSR count). The molecule has 1 fully saturated rings. The molecule has 0 bridgehead atoms. The van der Waals surface area contributed by atoms with E-state index in [1.54, 1.807) is 0 Å². The fourth-order valence-electron chi connectivity index (χ4n) is 2.94. The number of nitrogens with one attached hydrogen (secondary N) is 1. The normalized spacial score (nSPS) is 23.6. The van der Waals surface area contributed by atoms with E-state index in [4.69, 9.17) is 0 Å². The van der Waals surface area contributed by atoms with E-state index in [1.807, 2.05) is 0 Å². The second-order valence-electron chi connectivity index (χ2n) is 5.57. The molecule has 0 heterocycles. The van der Waals surface area contributed by atoms with Gasteiger partial charge < -0.3 is 5.32 Å². The van der Waals surface area contributed by atoms with Gasteiger partial charge in [-0.05, 0) is 36.8 Å². The van der Waals surface area contributed by atoms with E-state index in [1.165, 1.54) is 24.0 Å². The second kappa shape index (κ2) is 5.58. The molecule has 2 aromatic carbocycles. The minimum atomic E-state index is 0.447. The average Bonchev–Trinajstić information content (AvgIpc) is 2.44. The first-order valence-corrected chi connectivity index (χ1v) is 7.19. The quantitative estimate of drug-likeness (QED) is 0.855. The summed E-state index contributed by atoms with van der Waals surface area (Å²) in [7, 11) is 0. The van der Waals surface area contributed by atoms with Crippen molar-refractivity contribution in [1.82, 2.24) is 5.32 Å². The zero-order valence-electron chi connectivity index (χ0n) is 11.4. The van der Waals surface area contributed by atoms with Crippen molar-refractivity contribution < 1.29 is 0 Å². The Balaban J connectivity index is 1.52. The van der Waals surface area contributed by atoms with Crippen LogP contribution < -0.4 is 5.32 Å². The van der Waals surface area contributed by atoms with Crippen molar-refractivity contribution in [2.24, 2.45) is 0 Å². The molecule has 1 saturated carbocycles. The largest absolute Gasteiger partial charge is 0.307 e. The number of rotatable bonds is 4. The van der Waals surface area contributed by atoms with Gasteiger partial charge in [0, 0.05) is 12.1 Å². The van der Waals surface area contributed by atoms with Crippen LogP contribution in [0.4, 0.5) is 0 Å². The van der Waals surface area contributed by atoms with Crippen LogP contribution in [0, 0.1) is 0 Å². The summed E-state index contributed by atoms with van der Waals surface area (Å²) in [5.41, 5.74) is 2.87. The van der Waals surface area contributed by atoms with Crippen LogP contribution in [0.2, 0.25) is 0 Å². The molecule has 0 aromatic heterocycles. The molecule has 0 radical (unpaired) electrons. The molecule has 2 aromatic rings. The smallest absolute Gasteiger partial charge is 0.0294 e. The molecule has 0 unspecified atom stereocenters. The molecule has 19 heavy (non-hydrogen) atoms. The van der Waals surface area contributed by atoms with Crippen molar-refractivity contribution in [1.29, 1.82) is 0 Å². The summed E-state index contributed by atoms with van der Waals surface area (Å²) in [6.45, 7) is 2.26. The van der Waals surface area contributed by atoms with Crippen LogP contribution in [0.3, 0.4) is 0 Å². The lowest BCUT2D eigenvalue weighted by atomic mass is 9.75. The van der Waals surface area contributed by atoms with Crippen LogP contribution >= 0.6 is 0 Å². The molecule has 0 amide bonds. The maximum Gasteiger partial charge on any atom is 0.0294 e. The van der Waals surface area contributed by atoms with Gasteiger partial charge in [-0.3, -0.25) is 0 Å². The lowest BCUT2D eigenvalue weighted by molar-refractivity contribution is 0.271. The molecule has 1 heteroatoms. The van der Waals surface area contributed by atoms with Crippen LogP contribution in [-0.2, 0) is 0 Å². The number of hydrogen-bond donors (Lipinski definition) is 1. The fraction of sp³-hybridized carbons (Fsp3) is 0.333. The molecule has 1 aliphatic carbocycles. The summed E-state index contributed by atoms with van der Waals surface area (Å²) in [5, 5.41) is 3.73. The first-order chi connectivity index (χ1) is 9.33. The monoisotopic (exact) mass is 251 g/mol. The third kappa shape index (κ3) is 2.87. The summed E-state index contributed by atoms with van der Waals surface area (Å²) in [5.74, 6) is 0.752. The predicted molar refractivity (Wildman–Crippen MR) is 80.2 cm³/mol. The maximum absolute atomic E-state index is 3.73. The van der Waals surface area contributed by atoms with Gasteiger partial charge in [-0.25, -0.2) is 0 Å². The van der Waals surface area contributed by atoms with Gasteiger partial charge in [-0.1, -0.05) is 60.7 Å². The van der Waals surface area contributed by atoms with Crippen molar-refractivity contribution in [2.45, 2.75) is 37.8 Å². The van der Waals surface area contributed by atoms with E-state index in [9.17, 15) is 0 Å². The Morgan fingerprint density at radius 3 is 2.11 bits per heavy atom. The third-order valence-electron chi connectivity index (χ3n) is 4.19. The highest BCUT2D eigenvalue weighted by molar-refractivity contribution is 5.23. The molecular formula is C18H21N. The van der Waals surface area contributed by atoms with Crippen molar-refractivity contribution in [3.8, 4) is 0 Å². The third-order valence-corrected chi connectivity index (χ3v) is 4.19. The van der Waals surface area contributed by atoms with Gasteiger partial charge in [0.2, 0.25) is 0 Å². The Morgan fingerprint density at radius 1 is 0.895 bits per heavy atom. The minimum absolute atomic E-state index is 0.447. The minimum Gasteiger partial charge on any atom is -0.307 e. The predicted octanol–water partition coefficient (Wildman–Crippen LogP) is 4.28. The number of hydrogen-bond acceptors (Lipinski definition) is 1. The molecule has 0 saturated heterocycles. The van der Waals surface area contributed by atoms with Gasteiger partial charge in [0.15, 0.2) is 0 Å². The molecule has 0 aliphatic heterocycles. The molecule has 1 N–H and O–H groups in total. The summed E-state index contributed by atoms with van der Waals surface area (Å²) in [6, 6.07) is 22.7. The Kier molecular flexibility index (Phi) is 3.65. The van der Waals surface area contributed by atoms with Gasteiger partial charge in [0.25, 0.3) is 0 Å². The van der Waals surface area contributed by atoms with Crippen molar-refractivity contribution in [3.63, 3.8) is 0 Å². The SMILES string of the molecule is C[C@H](NC1CC(c2ccccc2)C1)c1ccccc1. The van der Waals surface area contributed by atoms with E-state index >= 15 is 0 Å². The van der Waals surface area contributed by atoms with Crippen molar-refractivity contribution >= 4 is 0 Å². The zero-order chi connectivity index (χ0) is 13.1. The van der Waals surface area contributed by atoms with Gasteiger partial charge in [0.05, 0.1) is 0 Å². The first-order valence-electron chi connectivity index (χ1n) is 7.19. The molecule has 1 atom stereocenters. The summed E-state index contributed by atoms with van der Waals surface area (Å²) >= 11 is 0. The standard InChI is InChI=1S/C18H21N/c1-14(15-8-4-2-5-9-15)19-18-12-17(13-18)16-10-6-3-7-11-16/h2-11,14,17-19H,12-13H2,1H3/t14-,17?,18?/m0/s1. The molecular weight excluding hydrogens is 230 g/mol. The van der Waals surface area contributed by atoms with E-state index in [2.05, 4.69) is 72.9 Å². The van der Waals surface area contributed by atoms with Crippen molar-refractivity contribution in [2.75, 3.05) is 0 Å². The Bertz CT molecular complexity index is 500. The molecule has 1 nitrogen and oxygen atoms in total. The fourth-order valence-corrected chi connectivity index (χ4v) is 2.94. The van der Waals surface area contributed by atoms with Gasteiger partial charge in [-0.2, -0.15) is 0 Å². The van der Waals surface area contributed by atoms with Crippen LogP contribution in [0.25, 0.3) is 0 Å². The second-order valence-corrected chi connectivity index (χ2v) is 5.57. The molecule has 0 spiro atoms. The average molecular weight is 251 g/mol. The number of benzene rings is 2. The highest BCUT2D eigenvalue weighted by Crippen LogP contribution is 2.37. The van der Waals surface area contributed by atoms with E-state index in [0.717, 1.165) is 5.92 Å². The molecule has 98 valence electrons. The van der Waals surface area contributed by atoms with E-state index in [0.29, 0.717) is 12.1 Å². The van der Waals surface area contributed by atoms with E-state index in [-0.39, 0.29) is 0 Å². The zero-order valence-corrected chi connectivity index (χ0v) is 11.4. The lowest BCUT2D eigenvalue weighted by Gasteiger charge is -2.38. The van der Waals surface area contributed by atoms with Crippen LogP contribution in [0.15, 0.2) is 60.7 Å². The first kappa shape index (κ1) is 12.4. The van der Waals surface area contributed by atoms with Crippen LogP contribution in [0.5, 0.6) is 0 Å². The Labute approximate surface area is 115 Å².